The van der Waals surface area contributed by atoms with E-state index in [2.05, 4.69) is 54.8 Å². The lowest BCUT2D eigenvalue weighted by Gasteiger charge is -2.44. The Bertz CT molecular complexity index is 312. The molecule has 2 saturated heterocycles. The van der Waals surface area contributed by atoms with Gasteiger partial charge < -0.3 is 10.2 Å². The largest absolute Gasteiger partial charge is 0.309 e. The molecule has 2 aliphatic rings. The standard InChI is InChI=1S/C17H36N4/c1-15(2)21-9-8-18-17(4,14-21)7-6-16(3)20-12-10-19(5)11-13-20/h15-16,18H,6-14H2,1-5H3/t16-,17?/m1/s1. The van der Waals surface area contributed by atoms with E-state index in [4.69, 9.17) is 0 Å². The average Bonchev–Trinajstić information content (AvgIpc) is 2.45. The van der Waals surface area contributed by atoms with Crippen molar-refractivity contribution in [1.82, 2.24) is 20.0 Å². The number of piperazine rings is 2. The highest BCUT2D eigenvalue weighted by Crippen LogP contribution is 2.22. The van der Waals surface area contributed by atoms with Crippen molar-refractivity contribution in [2.24, 2.45) is 0 Å². The highest BCUT2D eigenvalue weighted by Gasteiger charge is 2.32. The summed E-state index contributed by atoms with van der Waals surface area (Å²) in [6.07, 6.45) is 2.59. The Labute approximate surface area is 131 Å². The third kappa shape index (κ3) is 4.92. The molecule has 0 radical (unpaired) electrons. The van der Waals surface area contributed by atoms with E-state index in [9.17, 15) is 0 Å². The Kier molecular flexibility index (Phi) is 6.06. The minimum absolute atomic E-state index is 0.295. The summed E-state index contributed by atoms with van der Waals surface area (Å²) >= 11 is 0. The molecule has 0 aromatic rings. The monoisotopic (exact) mass is 296 g/mol. The molecule has 2 heterocycles. The molecule has 1 unspecified atom stereocenters. The maximum atomic E-state index is 3.78. The molecule has 4 heteroatoms. The van der Waals surface area contributed by atoms with Crippen molar-refractivity contribution >= 4 is 0 Å². The molecule has 0 aliphatic carbocycles. The van der Waals surface area contributed by atoms with E-state index in [0.717, 1.165) is 6.54 Å². The molecule has 0 amide bonds. The number of nitrogens with one attached hydrogen (secondary N) is 1. The van der Waals surface area contributed by atoms with Crippen LogP contribution in [-0.4, -0.2) is 85.2 Å². The lowest BCUT2D eigenvalue weighted by atomic mass is 9.90. The molecule has 0 aromatic heterocycles. The van der Waals surface area contributed by atoms with Gasteiger partial charge in [0.15, 0.2) is 0 Å². The van der Waals surface area contributed by atoms with Crippen LogP contribution in [0.25, 0.3) is 0 Å². The van der Waals surface area contributed by atoms with Gasteiger partial charge in [-0.3, -0.25) is 9.80 Å². The van der Waals surface area contributed by atoms with E-state index in [1.165, 1.54) is 52.1 Å². The fraction of sp³-hybridized carbons (Fsp3) is 1.00. The second-order valence-electron chi connectivity index (χ2n) is 7.78. The lowest BCUT2D eigenvalue weighted by Crippen LogP contribution is -2.60. The van der Waals surface area contributed by atoms with Crippen LogP contribution in [0.3, 0.4) is 0 Å². The van der Waals surface area contributed by atoms with Gasteiger partial charge in [0.1, 0.15) is 0 Å². The van der Waals surface area contributed by atoms with E-state index in [0.29, 0.717) is 17.6 Å². The molecule has 0 saturated carbocycles. The van der Waals surface area contributed by atoms with Gasteiger partial charge in [-0.05, 0) is 47.6 Å². The van der Waals surface area contributed by atoms with Crippen LogP contribution >= 0.6 is 0 Å². The Hall–Kier alpha value is -0.160. The highest BCUT2D eigenvalue weighted by molar-refractivity contribution is 4.92. The maximum Gasteiger partial charge on any atom is 0.0281 e. The fourth-order valence-corrected chi connectivity index (χ4v) is 3.67. The van der Waals surface area contributed by atoms with Gasteiger partial charge in [-0.1, -0.05) is 0 Å². The first kappa shape index (κ1) is 17.2. The summed E-state index contributed by atoms with van der Waals surface area (Å²) in [5.41, 5.74) is 0.295. The minimum atomic E-state index is 0.295. The van der Waals surface area contributed by atoms with Gasteiger partial charge in [-0.2, -0.15) is 0 Å². The first-order valence-electron chi connectivity index (χ1n) is 8.81. The third-order valence-electron chi connectivity index (χ3n) is 5.51. The summed E-state index contributed by atoms with van der Waals surface area (Å²) in [4.78, 5) is 7.73. The van der Waals surface area contributed by atoms with Crippen molar-refractivity contribution in [1.29, 1.82) is 0 Å². The number of hydrogen-bond acceptors (Lipinski definition) is 4. The molecule has 4 nitrogen and oxygen atoms in total. The summed E-state index contributed by atoms with van der Waals surface area (Å²) in [6, 6.07) is 1.38. The smallest absolute Gasteiger partial charge is 0.0281 e. The van der Waals surface area contributed by atoms with Gasteiger partial charge >= 0.3 is 0 Å². The third-order valence-corrected chi connectivity index (χ3v) is 5.51. The van der Waals surface area contributed by atoms with Gasteiger partial charge in [0.25, 0.3) is 0 Å². The molecule has 2 rings (SSSR count). The zero-order chi connectivity index (χ0) is 15.5. The summed E-state index contributed by atoms with van der Waals surface area (Å²) in [5, 5.41) is 3.78. The van der Waals surface area contributed by atoms with E-state index in [-0.39, 0.29) is 0 Å². The van der Waals surface area contributed by atoms with Crippen molar-refractivity contribution in [2.75, 3.05) is 52.9 Å². The first-order chi connectivity index (χ1) is 9.89. The van der Waals surface area contributed by atoms with Crippen LogP contribution in [0.1, 0.15) is 40.5 Å². The molecule has 0 spiro atoms. The second-order valence-corrected chi connectivity index (χ2v) is 7.78. The average molecular weight is 297 g/mol. The number of likely N-dealkylation sites (N-methyl/N-ethyl adjacent to an activating group) is 1. The SMILES string of the molecule is CC(C)N1CCNC(C)(CC[C@@H](C)N2CCN(C)CC2)C1. The molecule has 0 aromatic carbocycles. The molecule has 124 valence electrons. The van der Waals surface area contributed by atoms with Crippen molar-refractivity contribution in [2.45, 2.75) is 58.2 Å². The maximum absolute atomic E-state index is 3.78. The summed E-state index contributed by atoms with van der Waals surface area (Å²) in [6.45, 7) is 17.9. The quantitative estimate of drug-likeness (QED) is 0.829. The minimum Gasteiger partial charge on any atom is -0.309 e. The Morgan fingerprint density at radius 2 is 1.67 bits per heavy atom. The Morgan fingerprint density at radius 3 is 2.29 bits per heavy atom. The summed E-state index contributed by atoms with van der Waals surface area (Å²) in [7, 11) is 2.23. The Balaban J connectivity index is 1.78. The van der Waals surface area contributed by atoms with Crippen LogP contribution in [0, 0.1) is 0 Å². The molecule has 2 aliphatic heterocycles. The van der Waals surface area contributed by atoms with E-state index in [1.807, 2.05) is 0 Å². The topological polar surface area (TPSA) is 21.8 Å². The zero-order valence-electron chi connectivity index (χ0n) is 14.9. The first-order valence-corrected chi connectivity index (χ1v) is 8.81. The number of hydrogen-bond donors (Lipinski definition) is 1. The Morgan fingerprint density at radius 1 is 1.00 bits per heavy atom. The van der Waals surface area contributed by atoms with Crippen LogP contribution in [0.4, 0.5) is 0 Å². The van der Waals surface area contributed by atoms with Crippen LogP contribution < -0.4 is 5.32 Å². The van der Waals surface area contributed by atoms with Gasteiger partial charge in [-0.15, -0.1) is 0 Å². The molecule has 1 N–H and O–H groups in total. The van der Waals surface area contributed by atoms with Gasteiger partial charge in [0, 0.05) is 63.4 Å². The van der Waals surface area contributed by atoms with Crippen LogP contribution in [0.2, 0.25) is 0 Å². The fourth-order valence-electron chi connectivity index (χ4n) is 3.67. The molecule has 2 fully saturated rings. The van der Waals surface area contributed by atoms with Crippen molar-refractivity contribution in [3.05, 3.63) is 0 Å². The van der Waals surface area contributed by atoms with Crippen LogP contribution in [0.15, 0.2) is 0 Å². The van der Waals surface area contributed by atoms with Crippen LogP contribution in [0.5, 0.6) is 0 Å². The van der Waals surface area contributed by atoms with Gasteiger partial charge in [0.05, 0.1) is 0 Å². The van der Waals surface area contributed by atoms with E-state index >= 15 is 0 Å². The van der Waals surface area contributed by atoms with Gasteiger partial charge in [-0.25, -0.2) is 0 Å². The van der Waals surface area contributed by atoms with Crippen LogP contribution in [-0.2, 0) is 0 Å². The second kappa shape index (κ2) is 7.40. The summed E-state index contributed by atoms with van der Waals surface area (Å²) < 4.78 is 0. The highest BCUT2D eigenvalue weighted by atomic mass is 15.3. The number of rotatable bonds is 5. The zero-order valence-corrected chi connectivity index (χ0v) is 14.9. The molecular weight excluding hydrogens is 260 g/mol. The van der Waals surface area contributed by atoms with E-state index in [1.54, 1.807) is 0 Å². The summed E-state index contributed by atoms with van der Waals surface area (Å²) in [5.74, 6) is 0. The van der Waals surface area contributed by atoms with Crippen molar-refractivity contribution in [3.8, 4) is 0 Å². The van der Waals surface area contributed by atoms with Crippen molar-refractivity contribution < 1.29 is 0 Å². The predicted octanol–water partition coefficient (Wildman–Crippen LogP) is 1.47. The number of nitrogens with zero attached hydrogens (tertiary/aromatic N) is 3. The molecule has 2 atom stereocenters. The van der Waals surface area contributed by atoms with E-state index < -0.39 is 0 Å². The van der Waals surface area contributed by atoms with Gasteiger partial charge in [0.2, 0.25) is 0 Å². The lowest BCUT2D eigenvalue weighted by molar-refractivity contribution is 0.0847. The molecule has 0 bridgehead atoms. The predicted molar refractivity (Wildman–Crippen MR) is 90.9 cm³/mol. The van der Waals surface area contributed by atoms with Crippen molar-refractivity contribution in [3.63, 3.8) is 0 Å². The normalized spacial score (nSPS) is 31.7. The molecule has 21 heavy (non-hydrogen) atoms. The molecular formula is C17H36N4.